The third kappa shape index (κ3) is 5.18. The van der Waals surface area contributed by atoms with Crippen molar-refractivity contribution in [3.63, 3.8) is 0 Å². The van der Waals surface area contributed by atoms with E-state index >= 15 is 0 Å². The van der Waals surface area contributed by atoms with Crippen molar-refractivity contribution in [2.75, 3.05) is 40.5 Å². The fraction of sp³-hybridized carbons (Fsp3) is 0.444. The van der Waals surface area contributed by atoms with E-state index in [-0.39, 0.29) is 31.1 Å². The standard InChI is InChI=1S/C27H31FN6O6S/c1-5-31-11-8-19(23(31)35)33-24(36)22-16(2)25(34-29-9-10-30-34)41-26(22)32(27(33)37)15-21(40-13-12-38-3)18-14-17(28)6-7-20(18)39-4/h6-7,9-10,14,19,21H,5,8,11-13,15H2,1-4H3/t19?,21-/m0/s1. The van der Waals surface area contributed by atoms with Gasteiger partial charge in [-0.1, -0.05) is 11.3 Å². The van der Waals surface area contributed by atoms with Crippen LogP contribution in [0.25, 0.3) is 15.2 Å². The van der Waals surface area contributed by atoms with Crippen LogP contribution in [0.5, 0.6) is 5.75 Å². The molecular weight excluding hydrogens is 555 g/mol. The van der Waals surface area contributed by atoms with E-state index in [0.29, 0.717) is 46.2 Å². The number of ether oxygens (including phenoxy) is 3. The molecule has 1 aliphatic rings. The van der Waals surface area contributed by atoms with E-state index in [1.54, 1.807) is 11.8 Å². The van der Waals surface area contributed by atoms with Crippen LogP contribution in [0.2, 0.25) is 0 Å². The Morgan fingerprint density at radius 3 is 2.56 bits per heavy atom. The highest BCUT2D eigenvalue weighted by molar-refractivity contribution is 7.21. The fourth-order valence-electron chi connectivity index (χ4n) is 5.21. The Morgan fingerprint density at radius 2 is 1.90 bits per heavy atom. The van der Waals surface area contributed by atoms with Crippen LogP contribution in [0.3, 0.4) is 0 Å². The molecule has 0 saturated carbocycles. The molecule has 0 bridgehead atoms. The van der Waals surface area contributed by atoms with Gasteiger partial charge < -0.3 is 19.1 Å². The van der Waals surface area contributed by atoms with Crippen LogP contribution >= 0.6 is 11.3 Å². The molecule has 1 unspecified atom stereocenters. The first-order valence-electron chi connectivity index (χ1n) is 13.2. The summed E-state index contributed by atoms with van der Waals surface area (Å²) in [5.41, 5.74) is -0.245. The minimum atomic E-state index is -0.937. The molecule has 0 radical (unpaired) electrons. The Hall–Kier alpha value is -3.88. The molecule has 0 N–H and O–H groups in total. The van der Waals surface area contributed by atoms with Gasteiger partial charge in [-0.3, -0.25) is 14.2 Å². The third-order valence-corrected chi connectivity index (χ3v) is 8.56. The van der Waals surface area contributed by atoms with Gasteiger partial charge in [-0.15, -0.1) is 4.80 Å². The molecule has 12 nitrogen and oxygen atoms in total. The van der Waals surface area contributed by atoms with Crippen LogP contribution in [0.1, 0.15) is 36.6 Å². The molecule has 4 heterocycles. The van der Waals surface area contributed by atoms with Crippen molar-refractivity contribution >= 4 is 27.5 Å². The third-order valence-electron chi connectivity index (χ3n) is 7.27. The molecule has 218 valence electrons. The topological polar surface area (TPSA) is 123 Å². The lowest BCUT2D eigenvalue weighted by molar-refractivity contribution is -0.130. The number of hydrogen-bond acceptors (Lipinski definition) is 9. The van der Waals surface area contributed by atoms with E-state index in [1.165, 1.54) is 65.5 Å². The number of aromatic nitrogens is 5. The summed E-state index contributed by atoms with van der Waals surface area (Å²) in [6, 6.07) is 3.13. The molecule has 1 fully saturated rings. The Labute approximate surface area is 238 Å². The number of likely N-dealkylation sites (N-methyl/N-ethyl adjacent to an activating group) is 1. The number of fused-ring (bicyclic) bond motifs is 1. The van der Waals surface area contributed by atoms with Crippen molar-refractivity contribution in [2.24, 2.45) is 0 Å². The predicted molar refractivity (Wildman–Crippen MR) is 149 cm³/mol. The first-order valence-corrected chi connectivity index (χ1v) is 14.0. The number of hydrogen-bond donors (Lipinski definition) is 0. The smallest absolute Gasteiger partial charge is 0.332 e. The molecule has 2 atom stereocenters. The summed E-state index contributed by atoms with van der Waals surface area (Å²) in [6.45, 7) is 4.84. The predicted octanol–water partition coefficient (Wildman–Crippen LogP) is 2.46. The van der Waals surface area contributed by atoms with Crippen molar-refractivity contribution in [1.29, 1.82) is 0 Å². The maximum atomic E-state index is 14.4. The number of amides is 1. The molecule has 1 saturated heterocycles. The minimum absolute atomic E-state index is 0.0938. The molecule has 0 spiro atoms. The van der Waals surface area contributed by atoms with Crippen molar-refractivity contribution in [3.05, 3.63) is 68.4 Å². The first kappa shape index (κ1) is 28.6. The van der Waals surface area contributed by atoms with E-state index < -0.39 is 29.2 Å². The number of methoxy groups -OCH3 is 2. The number of thiophene rings is 1. The zero-order chi connectivity index (χ0) is 29.3. The van der Waals surface area contributed by atoms with Gasteiger partial charge in [0.25, 0.3) is 5.56 Å². The van der Waals surface area contributed by atoms with Gasteiger partial charge in [-0.25, -0.2) is 13.8 Å². The molecule has 5 rings (SSSR count). The van der Waals surface area contributed by atoms with Gasteiger partial charge in [-0.05, 0) is 38.5 Å². The monoisotopic (exact) mass is 586 g/mol. The zero-order valence-corrected chi connectivity index (χ0v) is 24.0. The highest BCUT2D eigenvalue weighted by Gasteiger charge is 2.36. The molecule has 1 aromatic carbocycles. The summed E-state index contributed by atoms with van der Waals surface area (Å²) in [4.78, 5) is 44.7. The Morgan fingerprint density at radius 1 is 1.15 bits per heavy atom. The maximum absolute atomic E-state index is 14.4. The number of benzene rings is 1. The van der Waals surface area contributed by atoms with Crippen LogP contribution in [0.15, 0.2) is 40.2 Å². The minimum Gasteiger partial charge on any atom is -0.496 e. The molecule has 41 heavy (non-hydrogen) atoms. The lowest BCUT2D eigenvalue weighted by Crippen LogP contribution is -2.45. The van der Waals surface area contributed by atoms with Gasteiger partial charge in [0.05, 0.1) is 44.6 Å². The first-order chi connectivity index (χ1) is 19.8. The van der Waals surface area contributed by atoms with E-state index in [1.807, 2.05) is 6.92 Å². The summed E-state index contributed by atoms with van der Waals surface area (Å²) in [6.07, 6.45) is 2.50. The number of carbonyl (C=O) groups excluding carboxylic acids is 1. The largest absolute Gasteiger partial charge is 0.496 e. The second-order valence-electron chi connectivity index (χ2n) is 9.56. The average Bonchev–Trinajstić information content (AvgIpc) is 3.70. The lowest BCUT2D eigenvalue weighted by atomic mass is 10.1. The maximum Gasteiger partial charge on any atom is 0.332 e. The van der Waals surface area contributed by atoms with E-state index in [2.05, 4.69) is 10.2 Å². The van der Waals surface area contributed by atoms with Gasteiger partial charge in [0, 0.05) is 31.3 Å². The summed E-state index contributed by atoms with van der Waals surface area (Å²) >= 11 is 1.18. The molecule has 1 amide bonds. The highest BCUT2D eigenvalue weighted by atomic mass is 32.1. The number of rotatable bonds is 11. The Bertz CT molecular complexity index is 1680. The number of aryl methyl sites for hydroxylation is 1. The van der Waals surface area contributed by atoms with Gasteiger partial charge in [-0.2, -0.15) is 10.2 Å². The van der Waals surface area contributed by atoms with Gasteiger partial charge in [0.15, 0.2) is 0 Å². The number of likely N-dealkylation sites (tertiary alicyclic amines) is 1. The normalized spacial score (nSPS) is 16.2. The van der Waals surface area contributed by atoms with Crippen molar-refractivity contribution in [2.45, 2.75) is 39.0 Å². The quantitative estimate of drug-likeness (QED) is 0.246. The highest BCUT2D eigenvalue weighted by Crippen LogP contribution is 2.34. The van der Waals surface area contributed by atoms with Gasteiger partial charge >= 0.3 is 5.69 Å². The second kappa shape index (κ2) is 11.9. The van der Waals surface area contributed by atoms with Gasteiger partial charge in [0.1, 0.15) is 33.5 Å². The van der Waals surface area contributed by atoms with Gasteiger partial charge in [0.2, 0.25) is 5.91 Å². The summed E-state index contributed by atoms with van der Waals surface area (Å²) in [5, 5.41) is 9.26. The average molecular weight is 587 g/mol. The molecule has 4 aromatic rings. The van der Waals surface area contributed by atoms with Crippen LogP contribution in [-0.4, -0.2) is 75.5 Å². The molecular formula is C27H31FN6O6S. The van der Waals surface area contributed by atoms with E-state index in [4.69, 9.17) is 14.2 Å². The number of halogens is 1. The van der Waals surface area contributed by atoms with Crippen molar-refractivity contribution < 1.29 is 23.4 Å². The Kier molecular flexibility index (Phi) is 8.33. The SMILES string of the molecule is CCN1CCC(n2c(=O)c3c(C)c(-n4nccn4)sc3n(C[C@H](OCCOC)c3cc(F)ccc3OC)c2=O)C1=O. The van der Waals surface area contributed by atoms with Crippen LogP contribution in [-0.2, 0) is 20.8 Å². The number of nitrogens with zero attached hydrogens (tertiary/aromatic N) is 6. The van der Waals surface area contributed by atoms with Crippen molar-refractivity contribution in [3.8, 4) is 10.8 Å². The zero-order valence-electron chi connectivity index (χ0n) is 23.2. The van der Waals surface area contributed by atoms with Crippen LogP contribution in [0.4, 0.5) is 4.39 Å². The Balaban J connectivity index is 1.74. The summed E-state index contributed by atoms with van der Waals surface area (Å²) < 4.78 is 33.7. The second-order valence-corrected chi connectivity index (χ2v) is 10.5. The van der Waals surface area contributed by atoms with Crippen LogP contribution < -0.4 is 16.0 Å². The molecule has 0 aliphatic carbocycles. The number of carbonyl (C=O) groups is 1. The van der Waals surface area contributed by atoms with E-state index in [9.17, 15) is 18.8 Å². The van der Waals surface area contributed by atoms with Crippen molar-refractivity contribution in [1.82, 2.24) is 29.0 Å². The summed E-state index contributed by atoms with van der Waals surface area (Å²) in [5.74, 6) is -0.405. The van der Waals surface area contributed by atoms with E-state index in [0.717, 1.165) is 4.57 Å². The molecule has 1 aliphatic heterocycles. The molecule has 3 aromatic heterocycles. The fourth-order valence-corrected chi connectivity index (χ4v) is 6.43. The summed E-state index contributed by atoms with van der Waals surface area (Å²) in [7, 11) is 2.99. The lowest BCUT2D eigenvalue weighted by Gasteiger charge is -2.23. The van der Waals surface area contributed by atoms with Crippen LogP contribution in [0, 0.1) is 12.7 Å². The molecule has 14 heteroatoms.